The van der Waals surface area contributed by atoms with Crippen molar-refractivity contribution in [3.05, 3.63) is 18.2 Å². The summed E-state index contributed by atoms with van der Waals surface area (Å²) in [6.07, 6.45) is 5.01. The molecule has 18 heavy (non-hydrogen) atoms. The van der Waals surface area contributed by atoms with E-state index < -0.39 is 10.8 Å². The highest BCUT2D eigenvalue weighted by molar-refractivity contribution is 7.85. The van der Waals surface area contributed by atoms with Crippen molar-refractivity contribution in [2.24, 2.45) is 0 Å². The Bertz CT molecular complexity index is 418. The van der Waals surface area contributed by atoms with Gasteiger partial charge in [-0.15, -0.1) is 0 Å². The molecule has 1 aromatic rings. The molecule has 0 bridgehead atoms. The highest BCUT2D eigenvalue weighted by Crippen LogP contribution is 2.16. The van der Waals surface area contributed by atoms with Crippen molar-refractivity contribution in [3.63, 3.8) is 0 Å². The number of rotatable bonds is 4. The van der Waals surface area contributed by atoms with Gasteiger partial charge in [-0.1, -0.05) is 0 Å². The molecule has 3 atom stereocenters. The molecule has 0 N–H and O–H groups in total. The summed E-state index contributed by atoms with van der Waals surface area (Å²) in [5.74, 6) is 1.91. The number of aryl methyl sites for hydroxylation is 2. The molecule has 1 saturated heterocycles. The zero-order valence-corrected chi connectivity index (χ0v) is 12.3. The maximum atomic E-state index is 11.7. The van der Waals surface area contributed by atoms with Gasteiger partial charge in [0.2, 0.25) is 0 Å². The van der Waals surface area contributed by atoms with Crippen molar-refractivity contribution in [1.82, 2.24) is 14.5 Å². The molecule has 4 nitrogen and oxygen atoms in total. The zero-order chi connectivity index (χ0) is 13.1. The van der Waals surface area contributed by atoms with Crippen molar-refractivity contribution in [1.29, 1.82) is 0 Å². The third-order valence-electron chi connectivity index (χ3n) is 4.02. The van der Waals surface area contributed by atoms with Gasteiger partial charge in [0.1, 0.15) is 5.82 Å². The van der Waals surface area contributed by atoms with E-state index in [0.29, 0.717) is 11.3 Å². The molecule has 0 radical (unpaired) electrons. The Hall–Kier alpha value is -0.680. The van der Waals surface area contributed by atoms with E-state index in [4.69, 9.17) is 0 Å². The van der Waals surface area contributed by atoms with Gasteiger partial charge in [0.15, 0.2) is 0 Å². The number of hydrogen-bond acceptors (Lipinski definition) is 3. The Morgan fingerprint density at radius 3 is 2.89 bits per heavy atom. The summed E-state index contributed by atoms with van der Waals surface area (Å²) in [6.45, 7) is 9.42. The first-order chi connectivity index (χ1) is 8.59. The summed E-state index contributed by atoms with van der Waals surface area (Å²) in [5, 5.41) is 0.300. The molecule has 0 spiro atoms. The van der Waals surface area contributed by atoms with Gasteiger partial charge in [0, 0.05) is 59.9 Å². The smallest absolute Gasteiger partial charge is 0.105 e. The number of nitrogens with zero attached hydrogens (tertiary/aromatic N) is 3. The van der Waals surface area contributed by atoms with Crippen molar-refractivity contribution < 1.29 is 4.21 Å². The van der Waals surface area contributed by atoms with Gasteiger partial charge in [-0.25, -0.2) is 4.98 Å². The van der Waals surface area contributed by atoms with E-state index in [-0.39, 0.29) is 0 Å². The molecule has 0 saturated carbocycles. The van der Waals surface area contributed by atoms with Crippen molar-refractivity contribution in [3.8, 4) is 0 Å². The Labute approximate surface area is 112 Å². The van der Waals surface area contributed by atoms with Gasteiger partial charge < -0.3 is 4.57 Å². The lowest BCUT2D eigenvalue weighted by atomic mass is 10.2. The molecule has 102 valence electrons. The second-order valence-corrected chi connectivity index (χ2v) is 7.00. The lowest BCUT2D eigenvalue weighted by Gasteiger charge is -2.37. The fraction of sp³-hybridized carbons (Fsp3) is 0.769. The van der Waals surface area contributed by atoms with Crippen LogP contribution in [-0.4, -0.2) is 48.8 Å². The summed E-state index contributed by atoms with van der Waals surface area (Å²) < 4.78 is 13.9. The summed E-state index contributed by atoms with van der Waals surface area (Å²) in [7, 11) is -0.631. The lowest BCUT2D eigenvalue weighted by Crippen LogP contribution is -2.50. The fourth-order valence-corrected chi connectivity index (χ4v) is 3.91. The SMILES string of the molecule is Cc1nccn1CCCN1CC[S@@](=O)[C@H](C)[C@@H]1C. The Morgan fingerprint density at radius 1 is 1.44 bits per heavy atom. The molecule has 0 aromatic carbocycles. The van der Waals surface area contributed by atoms with Crippen LogP contribution in [0.5, 0.6) is 0 Å². The van der Waals surface area contributed by atoms with E-state index >= 15 is 0 Å². The minimum atomic E-state index is -0.631. The Balaban J connectivity index is 1.80. The summed E-state index contributed by atoms with van der Waals surface area (Å²) >= 11 is 0. The van der Waals surface area contributed by atoms with Crippen LogP contribution in [0.1, 0.15) is 26.1 Å². The van der Waals surface area contributed by atoms with Crippen molar-refractivity contribution in [2.45, 2.75) is 45.0 Å². The molecule has 1 fully saturated rings. The molecule has 1 aromatic heterocycles. The van der Waals surface area contributed by atoms with E-state index in [9.17, 15) is 4.21 Å². The van der Waals surface area contributed by atoms with Crippen LogP contribution >= 0.6 is 0 Å². The quantitative estimate of drug-likeness (QED) is 0.830. The zero-order valence-electron chi connectivity index (χ0n) is 11.5. The van der Waals surface area contributed by atoms with Crippen molar-refractivity contribution in [2.75, 3.05) is 18.8 Å². The normalized spacial score (nSPS) is 29.6. The highest BCUT2D eigenvalue weighted by atomic mass is 32.2. The first kappa shape index (κ1) is 13.7. The van der Waals surface area contributed by atoms with Crippen LogP contribution in [0.25, 0.3) is 0 Å². The van der Waals surface area contributed by atoms with Crippen LogP contribution < -0.4 is 0 Å². The van der Waals surface area contributed by atoms with Crippen LogP contribution in [0.4, 0.5) is 0 Å². The first-order valence-corrected chi connectivity index (χ1v) is 8.06. The fourth-order valence-electron chi connectivity index (χ4n) is 2.51. The molecule has 0 unspecified atom stereocenters. The minimum absolute atomic E-state index is 0.300. The number of aromatic nitrogens is 2. The van der Waals surface area contributed by atoms with Crippen LogP contribution in [0.2, 0.25) is 0 Å². The lowest BCUT2D eigenvalue weighted by molar-refractivity contribution is 0.204. The van der Waals surface area contributed by atoms with Crippen LogP contribution in [0.3, 0.4) is 0 Å². The Kier molecular flexibility index (Phi) is 4.56. The average Bonchev–Trinajstić information content (AvgIpc) is 2.75. The van der Waals surface area contributed by atoms with Gasteiger partial charge in [-0.3, -0.25) is 9.11 Å². The van der Waals surface area contributed by atoms with E-state index in [2.05, 4.69) is 28.3 Å². The maximum Gasteiger partial charge on any atom is 0.105 e. The first-order valence-electron chi connectivity index (χ1n) is 6.68. The van der Waals surface area contributed by atoms with Crippen molar-refractivity contribution >= 4 is 10.8 Å². The largest absolute Gasteiger partial charge is 0.335 e. The van der Waals surface area contributed by atoms with Gasteiger partial charge in [-0.05, 0) is 27.2 Å². The Morgan fingerprint density at radius 2 is 2.22 bits per heavy atom. The highest BCUT2D eigenvalue weighted by Gasteiger charge is 2.29. The third kappa shape index (κ3) is 3.01. The molecular weight excluding hydrogens is 246 g/mol. The van der Waals surface area contributed by atoms with Gasteiger partial charge in [-0.2, -0.15) is 0 Å². The van der Waals surface area contributed by atoms with Gasteiger partial charge >= 0.3 is 0 Å². The molecule has 5 heteroatoms. The minimum Gasteiger partial charge on any atom is -0.335 e. The van der Waals surface area contributed by atoms with E-state index in [1.807, 2.05) is 19.3 Å². The number of hydrogen-bond donors (Lipinski definition) is 0. The summed E-state index contributed by atoms with van der Waals surface area (Å²) in [4.78, 5) is 6.70. The van der Waals surface area contributed by atoms with E-state index in [1.165, 1.54) is 0 Å². The monoisotopic (exact) mass is 269 g/mol. The molecule has 2 rings (SSSR count). The second-order valence-electron chi connectivity index (χ2n) is 5.09. The second kappa shape index (κ2) is 5.97. The average molecular weight is 269 g/mol. The summed E-state index contributed by atoms with van der Waals surface area (Å²) in [6, 6.07) is 0.434. The molecule has 1 aliphatic rings. The molecule has 2 heterocycles. The van der Waals surface area contributed by atoms with Crippen LogP contribution in [0, 0.1) is 6.92 Å². The number of imidazole rings is 1. The molecule has 0 amide bonds. The van der Waals surface area contributed by atoms with Crippen LogP contribution in [-0.2, 0) is 17.3 Å². The van der Waals surface area contributed by atoms with Gasteiger partial charge in [0.05, 0.1) is 0 Å². The maximum absolute atomic E-state index is 11.7. The molecule has 1 aliphatic heterocycles. The molecular formula is C13H23N3OS. The van der Waals surface area contributed by atoms with Gasteiger partial charge in [0.25, 0.3) is 0 Å². The van der Waals surface area contributed by atoms with E-state index in [1.54, 1.807) is 0 Å². The molecule has 0 aliphatic carbocycles. The predicted octanol–water partition coefficient (Wildman–Crippen LogP) is 1.42. The van der Waals surface area contributed by atoms with Crippen LogP contribution in [0.15, 0.2) is 12.4 Å². The predicted molar refractivity (Wildman–Crippen MR) is 75.1 cm³/mol. The standard InChI is InChI=1S/C13H23N3OS/c1-11-12(2)18(17)10-9-15(11)6-4-7-16-8-5-14-13(16)3/h5,8,11-12H,4,6-7,9-10H2,1-3H3/t11-,12+,18+/m0/s1. The van der Waals surface area contributed by atoms with E-state index in [0.717, 1.165) is 37.6 Å². The topological polar surface area (TPSA) is 38.1 Å². The summed E-state index contributed by atoms with van der Waals surface area (Å²) in [5.41, 5.74) is 0. The third-order valence-corrected chi connectivity index (χ3v) is 5.83.